The third-order valence-corrected chi connectivity index (χ3v) is 10.7. The molecule has 2 saturated heterocycles. The lowest BCUT2D eigenvalue weighted by Crippen LogP contribution is -2.52. The average molecular weight is 629 g/mol. The highest BCUT2D eigenvalue weighted by Gasteiger charge is 2.39. The summed E-state index contributed by atoms with van der Waals surface area (Å²) < 4.78 is 0. The van der Waals surface area contributed by atoms with E-state index in [1.165, 1.54) is 74.4 Å². The number of amides is 8. The molecule has 5 rings (SSSR count). The number of carbonyl (C=O) groups excluding carboxylic acids is 6. The summed E-state index contributed by atoms with van der Waals surface area (Å²) in [5.74, 6) is -2.64. The van der Waals surface area contributed by atoms with Gasteiger partial charge in [0.15, 0.2) is 0 Å². The van der Waals surface area contributed by atoms with Crippen molar-refractivity contribution in [3.8, 4) is 19.5 Å². The van der Waals surface area contributed by atoms with Crippen molar-refractivity contribution in [3.63, 3.8) is 0 Å². The summed E-state index contributed by atoms with van der Waals surface area (Å²) in [5, 5.41) is 0.521. The molecule has 0 unspecified atom stereocenters. The summed E-state index contributed by atoms with van der Waals surface area (Å²) in [6, 6.07) is 5.97. The maximum absolute atomic E-state index is 12.6. The Morgan fingerprint density at radius 1 is 0.610 bits per heavy atom. The Balaban J connectivity index is 1.44. The minimum atomic E-state index is -0.683. The number of nitrogens with zero attached hydrogens (tertiary/aromatic N) is 4. The molecule has 0 aliphatic carbocycles. The molecule has 41 heavy (non-hydrogen) atoms. The number of likely N-dealkylation sites (N-methyl/N-ethyl adjacent to an activating group) is 4. The van der Waals surface area contributed by atoms with Crippen LogP contribution in [0.3, 0.4) is 0 Å². The van der Waals surface area contributed by atoms with E-state index < -0.39 is 35.7 Å². The molecule has 3 aromatic rings. The lowest BCUT2D eigenvalue weighted by Gasteiger charge is -2.28. The van der Waals surface area contributed by atoms with Crippen molar-refractivity contribution in [3.05, 3.63) is 55.8 Å². The van der Waals surface area contributed by atoms with Crippen LogP contribution >= 0.6 is 45.6 Å². The SMILES string of the molecule is Cc1cc(C=C2C(=O)N(C)C(=O)N(C)C2=O)sc1-c1cc(Cl)c(-c2ccc(C=C3C(=O)N(C)C(=O)N(C)C3=O)s2)s1. The van der Waals surface area contributed by atoms with Crippen LogP contribution in [0.1, 0.15) is 15.3 Å². The molecule has 0 N–H and O–H groups in total. The molecule has 0 bridgehead atoms. The first-order chi connectivity index (χ1) is 19.3. The number of carbonyl (C=O) groups is 6. The van der Waals surface area contributed by atoms with E-state index in [4.69, 9.17) is 11.6 Å². The molecular formula is C27H21ClN4O6S3. The maximum Gasteiger partial charge on any atom is 0.333 e. The van der Waals surface area contributed by atoms with E-state index in [1.54, 1.807) is 6.07 Å². The largest absolute Gasteiger partial charge is 0.333 e. The summed E-state index contributed by atoms with van der Waals surface area (Å²) in [6.45, 7) is 1.92. The zero-order chi connectivity index (χ0) is 29.9. The Morgan fingerprint density at radius 2 is 1.10 bits per heavy atom. The number of urea groups is 2. The highest BCUT2D eigenvalue weighted by Crippen LogP contribution is 2.46. The Labute approximate surface area is 251 Å². The second kappa shape index (κ2) is 10.5. The molecular weight excluding hydrogens is 608 g/mol. The molecule has 14 heteroatoms. The van der Waals surface area contributed by atoms with E-state index in [0.29, 0.717) is 14.8 Å². The molecule has 2 fully saturated rings. The van der Waals surface area contributed by atoms with Crippen LogP contribution in [-0.4, -0.2) is 83.5 Å². The van der Waals surface area contributed by atoms with Gasteiger partial charge in [-0.3, -0.25) is 38.8 Å². The van der Waals surface area contributed by atoms with E-state index in [-0.39, 0.29) is 11.1 Å². The monoisotopic (exact) mass is 628 g/mol. The molecule has 210 valence electrons. The van der Waals surface area contributed by atoms with Crippen molar-refractivity contribution in [1.82, 2.24) is 19.6 Å². The van der Waals surface area contributed by atoms with Crippen LogP contribution in [0.2, 0.25) is 5.02 Å². The molecule has 0 radical (unpaired) electrons. The minimum absolute atomic E-state index is 0.0933. The van der Waals surface area contributed by atoms with Gasteiger partial charge < -0.3 is 0 Å². The van der Waals surface area contributed by atoms with E-state index in [9.17, 15) is 28.8 Å². The predicted octanol–water partition coefficient (Wildman–Crippen LogP) is 5.03. The summed E-state index contributed by atoms with van der Waals surface area (Å²) in [6.07, 6.45) is 2.97. The van der Waals surface area contributed by atoms with Gasteiger partial charge >= 0.3 is 12.1 Å². The third-order valence-electron chi connectivity index (χ3n) is 6.56. The highest BCUT2D eigenvalue weighted by molar-refractivity contribution is 7.27. The highest BCUT2D eigenvalue weighted by atomic mass is 35.5. The molecule has 0 saturated carbocycles. The van der Waals surface area contributed by atoms with Crippen molar-refractivity contribution >= 4 is 93.5 Å². The summed E-state index contributed by atoms with van der Waals surface area (Å²) >= 11 is 10.8. The standard InChI is InChI=1S/C27H21ClN4O6S3/c1-12-8-14(10-16-24(35)31(4)27(38)32(5)25(16)36)40-20(12)19-11-17(28)21(41-19)18-7-6-13(39-18)9-15-22(33)29(2)26(37)30(3)23(15)34/h6-11H,1-5H3. The molecule has 0 aromatic carbocycles. The van der Waals surface area contributed by atoms with Crippen LogP contribution in [0.4, 0.5) is 9.59 Å². The first-order valence-electron chi connectivity index (χ1n) is 11.9. The molecule has 3 aromatic heterocycles. The fourth-order valence-electron chi connectivity index (χ4n) is 4.26. The number of hydrogen-bond acceptors (Lipinski definition) is 9. The van der Waals surface area contributed by atoms with Crippen molar-refractivity contribution in [1.29, 1.82) is 0 Å². The molecule has 0 atom stereocenters. The van der Waals surface area contributed by atoms with Gasteiger partial charge in [0.25, 0.3) is 23.6 Å². The van der Waals surface area contributed by atoms with Crippen molar-refractivity contribution in [2.45, 2.75) is 6.92 Å². The fourth-order valence-corrected chi connectivity index (χ4v) is 8.11. The number of imide groups is 4. The van der Waals surface area contributed by atoms with E-state index in [1.807, 2.05) is 25.1 Å². The number of barbiturate groups is 2. The molecule has 5 heterocycles. The van der Waals surface area contributed by atoms with Gasteiger partial charge in [0.05, 0.1) is 9.90 Å². The third kappa shape index (κ3) is 4.84. The first kappa shape index (κ1) is 28.6. The zero-order valence-electron chi connectivity index (χ0n) is 22.3. The van der Waals surface area contributed by atoms with Crippen LogP contribution in [0.15, 0.2) is 35.4 Å². The van der Waals surface area contributed by atoms with Crippen molar-refractivity contribution in [2.75, 3.05) is 28.2 Å². The predicted molar refractivity (Wildman–Crippen MR) is 159 cm³/mol. The summed E-state index contributed by atoms with van der Waals surface area (Å²) in [4.78, 5) is 82.7. The molecule has 2 aliphatic heterocycles. The average Bonchev–Trinajstić information content (AvgIpc) is 3.67. The molecule has 0 spiro atoms. The van der Waals surface area contributed by atoms with Crippen LogP contribution in [0.5, 0.6) is 0 Å². The fraction of sp³-hybridized carbons (Fsp3) is 0.185. The van der Waals surface area contributed by atoms with Gasteiger partial charge in [-0.2, -0.15) is 0 Å². The zero-order valence-corrected chi connectivity index (χ0v) is 25.5. The normalized spacial score (nSPS) is 16.5. The minimum Gasteiger partial charge on any atom is -0.268 e. The quantitative estimate of drug-likeness (QED) is 0.296. The van der Waals surface area contributed by atoms with Crippen LogP contribution < -0.4 is 0 Å². The van der Waals surface area contributed by atoms with Crippen LogP contribution in [-0.2, 0) is 19.2 Å². The van der Waals surface area contributed by atoms with E-state index >= 15 is 0 Å². The second-order valence-electron chi connectivity index (χ2n) is 9.29. The van der Waals surface area contributed by atoms with E-state index in [2.05, 4.69) is 0 Å². The smallest absolute Gasteiger partial charge is 0.268 e. The van der Waals surface area contributed by atoms with Crippen molar-refractivity contribution in [2.24, 2.45) is 0 Å². The molecule has 10 nitrogen and oxygen atoms in total. The van der Waals surface area contributed by atoms with Gasteiger partial charge in [0.1, 0.15) is 11.1 Å². The lowest BCUT2D eigenvalue weighted by atomic mass is 10.1. The number of thiophene rings is 3. The summed E-state index contributed by atoms with van der Waals surface area (Å²) in [7, 11) is 5.31. The number of halogens is 1. The van der Waals surface area contributed by atoms with Gasteiger partial charge in [-0.15, -0.1) is 34.0 Å². The van der Waals surface area contributed by atoms with Gasteiger partial charge in [-0.1, -0.05) is 11.6 Å². The Kier molecular flexibility index (Phi) is 7.32. The topological polar surface area (TPSA) is 115 Å². The summed E-state index contributed by atoms with van der Waals surface area (Å²) in [5.41, 5.74) is 0.728. The second-order valence-corrected chi connectivity index (χ2v) is 12.9. The molecule has 2 aliphatic rings. The lowest BCUT2D eigenvalue weighted by molar-refractivity contribution is -0.135. The Bertz CT molecular complexity index is 1710. The Morgan fingerprint density at radius 3 is 1.61 bits per heavy atom. The number of aryl methyl sites for hydroxylation is 1. The number of rotatable bonds is 4. The van der Waals surface area contributed by atoms with Gasteiger partial charge in [-0.05, 0) is 48.9 Å². The van der Waals surface area contributed by atoms with Gasteiger partial charge in [0, 0.05) is 52.6 Å². The van der Waals surface area contributed by atoms with Gasteiger partial charge in [0.2, 0.25) is 0 Å². The van der Waals surface area contributed by atoms with Crippen molar-refractivity contribution < 1.29 is 28.8 Å². The first-order valence-corrected chi connectivity index (χ1v) is 14.8. The van der Waals surface area contributed by atoms with Gasteiger partial charge in [-0.25, -0.2) is 9.59 Å². The van der Waals surface area contributed by atoms with E-state index in [0.717, 1.165) is 44.7 Å². The van der Waals surface area contributed by atoms with Crippen LogP contribution in [0, 0.1) is 6.92 Å². The molecule has 8 amide bonds. The number of hydrogen-bond donors (Lipinski definition) is 0. The van der Waals surface area contributed by atoms with Crippen LogP contribution in [0.25, 0.3) is 31.7 Å². The Hall–Kier alpha value is -3.91. The maximum atomic E-state index is 12.6.